The number of benzene rings is 1. The number of hydrogen-bond donors (Lipinski definition) is 2. The van der Waals surface area contributed by atoms with E-state index >= 15 is 0 Å². The summed E-state index contributed by atoms with van der Waals surface area (Å²) in [5.74, 6) is 0.810. The molecule has 1 unspecified atom stereocenters. The van der Waals surface area contributed by atoms with Gasteiger partial charge >= 0.3 is 0 Å². The zero-order chi connectivity index (χ0) is 16.9. The molecule has 1 atom stereocenters. The highest BCUT2D eigenvalue weighted by Crippen LogP contribution is 2.14. The number of aliphatic imine (C=N–C) groups is 1. The van der Waals surface area contributed by atoms with Crippen molar-refractivity contribution in [2.75, 3.05) is 18.1 Å². The van der Waals surface area contributed by atoms with E-state index in [0.717, 1.165) is 5.56 Å². The molecule has 0 bridgehead atoms. The van der Waals surface area contributed by atoms with Gasteiger partial charge in [-0.05, 0) is 18.9 Å². The van der Waals surface area contributed by atoms with Gasteiger partial charge in [0, 0.05) is 24.7 Å². The monoisotopic (exact) mass is 468 g/mol. The number of nitrogens with zero attached hydrogens (tertiary/aromatic N) is 2. The van der Waals surface area contributed by atoms with E-state index < -0.39 is 14.8 Å². The molecule has 2 rings (SSSR count). The van der Waals surface area contributed by atoms with Crippen LogP contribution in [0, 0.1) is 10.1 Å². The summed E-state index contributed by atoms with van der Waals surface area (Å²) in [5.41, 5.74) is 0.744. The molecule has 1 aliphatic heterocycles. The van der Waals surface area contributed by atoms with Crippen LogP contribution in [0.4, 0.5) is 5.69 Å². The van der Waals surface area contributed by atoms with Crippen LogP contribution in [-0.4, -0.2) is 43.4 Å². The fraction of sp³-hybridized carbons (Fsp3) is 0.500. The van der Waals surface area contributed by atoms with Gasteiger partial charge in [-0.1, -0.05) is 12.1 Å². The zero-order valence-corrected chi connectivity index (χ0v) is 16.4. The molecule has 8 nitrogen and oxygen atoms in total. The van der Waals surface area contributed by atoms with Crippen LogP contribution in [0.3, 0.4) is 0 Å². The lowest BCUT2D eigenvalue weighted by molar-refractivity contribution is -0.384. The normalized spacial score (nSPS) is 19.4. The van der Waals surface area contributed by atoms with Gasteiger partial charge in [-0.3, -0.25) is 10.1 Å². The van der Waals surface area contributed by atoms with Crippen LogP contribution in [-0.2, 0) is 16.4 Å². The van der Waals surface area contributed by atoms with Crippen molar-refractivity contribution in [1.29, 1.82) is 0 Å². The summed E-state index contributed by atoms with van der Waals surface area (Å²) in [7, 11) is -2.96. The van der Waals surface area contributed by atoms with Crippen LogP contribution in [0.2, 0.25) is 0 Å². The van der Waals surface area contributed by atoms with E-state index in [1.165, 1.54) is 12.1 Å². The summed E-state index contributed by atoms with van der Waals surface area (Å²) in [6.07, 6.45) is 0.559. The lowest BCUT2D eigenvalue weighted by Crippen LogP contribution is -2.44. The van der Waals surface area contributed by atoms with Crippen molar-refractivity contribution in [1.82, 2.24) is 10.6 Å². The third kappa shape index (κ3) is 6.23. The van der Waals surface area contributed by atoms with Crippen molar-refractivity contribution in [3.05, 3.63) is 39.9 Å². The molecule has 0 saturated carbocycles. The molecule has 0 aliphatic carbocycles. The fourth-order valence-corrected chi connectivity index (χ4v) is 4.03. The summed E-state index contributed by atoms with van der Waals surface area (Å²) in [4.78, 5) is 14.7. The highest BCUT2D eigenvalue weighted by atomic mass is 127. The van der Waals surface area contributed by atoms with Crippen molar-refractivity contribution in [3.8, 4) is 0 Å². The second-order valence-electron chi connectivity index (χ2n) is 5.37. The first-order valence-electron chi connectivity index (χ1n) is 7.38. The quantitative estimate of drug-likeness (QED) is 0.222. The van der Waals surface area contributed by atoms with Gasteiger partial charge in [-0.15, -0.1) is 24.0 Å². The number of nitro benzene ring substituents is 1. The van der Waals surface area contributed by atoms with Gasteiger partial charge in [0.2, 0.25) is 0 Å². The van der Waals surface area contributed by atoms with Crippen LogP contribution in [0.15, 0.2) is 29.3 Å². The minimum absolute atomic E-state index is 0. The second kappa shape index (κ2) is 9.16. The van der Waals surface area contributed by atoms with Gasteiger partial charge in [0.15, 0.2) is 15.8 Å². The molecule has 1 heterocycles. The van der Waals surface area contributed by atoms with E-state index in [2.05, 4.69) is 15.6 Å². The molecular formula is C14H21IN4O4S. The Morgan fingerprint density at radius 1 is 1.46 bits per heavy atom. The minimum Gasteiger partial charge on any atom is -0.357 e. The van der Waals surface area contributed by atoms with Gasteiger partial charge in [0.25, 0.3) is 5.69 Å². The second-order valence-corrected chi connectivity index (χ2v) is 7.60. The van der Waals surface area contributed by atoms with E-state index in [0.29, 0.717) is 18.9 Å². The number of hydrogen-bond acceptors (Lipinski definition) is 5. The van der Waals surface area contributed by atoms with Gasteiger partial charge in [-0.2, -0.15) is 0 Å². The summed E-state index contributed by atoms with van der Waals surface area (Å²) < 4.78 is 23.0. The number of halogens is 1. The Kier molecular flexibility index (Phi) is 7.87. The molecular weight excluding hydrogens is 447 g/mol. The molecule has 0 aromatic heterocycles. The van der Waals surface area contributed by atoms with Crippen molar-refractivity contribution in [2.45, 2.75) is 25.9 Å². The number of nitro groups is 1. The minimum atomic E-state index is -2.96. The Bertz CT molecular complexity index is 708. The molecule has 0 amide bonds. The largest absolute Gasteiger partial charge is 0.357 e. The smallest absolute Gasteiger partial charge is 0.269 e. The van der Waals surface area contributed by atoms with Crippen molar-refractivity contribution in [3.63, 3.8) is 0 Å². The van der Waals surface area contributed by atoms with Crippen LogP contribution in [0.1, 0.15) is 18.9 Å². The van der Waals surface area contributed by atoms with Gasteiger partial charge in [0.05, 0.1) is 23.0 Å². The third-order valence-electron chi connectivity index (χ3n) is 3.46. The fourth-order valence-electron chi connectivity index (χ4n) is 2.36. The molecule has 1 saturated heterocycles. The Labute approximate surface area is 158 Å². The number of guanidine groups is 1. The molecule has 1 aromatic carbocycles. The molecule has 1 aliphatic rings. The van der Waals surface area contributed by atoms with Gasteiger partial charge in [-0.25, -0.2) is 13.4 Å². The van der Waals surface area contributed by atoms with E-state index in [1.54, 1.807) is 12.1 Å². The summed E-state index contributed by atoms with van der Waals surface area (Å²) in [6.45, 7) is 2.83. The average molecular weight is 468 g/mol. The third-order valence-corrected chi connectivity index (χ3v) is 5.23. The Hall–Kier alpha value is -1.43. The first kappa shape index (κ1) is 20.6. The molecule has 0 spiro atoms. The predicted molar refractivity (Wildman–Crippen MR) is 104 cm³/mol. The Morgan fingerprint density at radius 2 is 2.21 bits per heavy atom. The first-order valence-corrected chi connectivity index (χ1v) is 9.20. The van der Waals surface area contributed by atoms with E-state index in [-0.39, 0.29) is 53.8 Å². The Balaban J connectivity index is 0.00000288. The van der Waals surface area contributed by atoms with Crippen LogP contribution in [0.25, 0.3) is 0 Å². The van der Waals surface area contributed by atoms with Crippen molar-refractivity contribution >= 4 is 45.5 Å². The molecule has 1 aromatic rings. The van der Waals surface area contributed by atoms with E-state index in [1.807, 2.05) is 6.92 Å². The average Bonchev–Trinajstić information content (AvgIpc) is 2.84. The number of sulfone groups is 1. The van der Waals surface area contributed by atoms with Gasteiger partial charge < -0.3 is 10.6 Å². The van der Waals surface area contributed by atoms with E-state index in [9.17, 15) is 18.5 Å². The predicted octanol–water partition coefficient (Wildman–Crippen LogP) is 1.46. The highest BCUT2D eigenvalue weighted by Gasteiger charge is 2.28. The molecule has 2 N–H and O–H groups in total. The first-order chi connectivity index (χ1) is 10.9. The maximum atomic E-state index is 11.5. The van der Waals surface area contributed by atoms with Crippen LogP contribution < -0.4 is 10.6 Å². The highest BCUT2D eigenvalue weighted by molar-refractivity contribution is 14.0. The summed E-state index contributed by atoms with van der Waals surface area (Å²) in [5, 5.41) is 16.9. The van der Waals surface area contributed by atoms with Crippen molar-refractivity contribution in [2.24, 2.45) is 4.99 Å². The van der Waals surface area contributed by atoms with Gasteiger partial charge in [0.1, 0.15) is 0 Å². The maximum absolute atomic E-state index is 11.5. The molecule has 0 radical (unpaired) electrons. The number of nitrogens with one attached hydrogen (secondary N) is 2. The van der Waals surface area contributed by atoms with E-state index in [4.69, 9.17) is 0 Å². The standard InChI is InChI=1S/C14H20N4O4S.HI/c1-2-15-14(17-12-6-7-23(21,22)10-12)16-9-11-4-3-5-13(8-11)18(19)20;/h3-5,8,12H,2,6-7,9-10H2,1H3,(H2,15,16,17);1H. The number of non-ortho nitro benzene ring substituents is 1. The van der Waals surface area contributed by atoms with Crippen molar-refractivity contribution < 1.29 is 13.3 Å². The van der Waals surface area contributed by atoms with Crippen LogP contribution >= 0.6 is 24.0 Å². The maximum Gasteiger partial charge on any atom is 0.269 e. The SMILES string of the molecule is CCNC(=NCc1cccc([N+](=O)[O-])c1)NC1CCS(=O)(=O)C1.I. The zero-order valence-electron chi connectivity index (χ0n) is 13.3. The molecule has 24 heavy (non-hydrogen) atoms. The number of rotatable bonds is 5. The lowest BCUT2D eigenvalue weighted by Gasteiger charge is -2.15. The topological polar surface area (TPSA) is 114 Å². The lowest BCUT2D eigenvalue weighted by atomic mass is 10.2. The summed E-state index contributed by atoms with van der Waals surface area (Å²) >= 11 is 0. The molecule has 10 heteroatoms. The van der Waals surface area contributed by atoms with Crippen LogP contribution in [0.5, 0.6) is 0 Å². The summed E-state index contributed by atoms with van der Waals surface area (Å²) in [6, 6.07) is 6.14. The Morgan fingerprint density at radius 3 is 2.79 bits per heavy atom. The molecule has 134 valence electrons. The molecule has 1 fully saturated rings.